The third kappa shape index (κ3) is 3.55. The third-order valence-corrected chi connectivity index (χ3v) is 5.00. The van der Waals surface area contributed by atoms with Crippen LogP contribution in [0.25, 0.3) is 10.9 Å². The second kappa shape index (κ2) is 6.98. The Morgan fingerprint density at radius 2 is 1.75 bits per heavy atom. The van der Waals surface area contributed by atoms with Crippen LogP contribution < -0.4 is 4.74 Å². The van der Waals surface area contributed by atoms with Crippen LogP contribution in [0.1, 0.15) is 5.56 Å². The van der Waals surface area contributed by atoms with Crippen molar-refractivity contribution in [2.24, 2.45) is 0 Å². The number of hydrogen-bond donors (Lipinski definition) is 0. The van der Waals surface area contributed by atoms with Gasteiger partial charge in [0.2, 0.25) is 0 Å². The molecule has 0 bridgehead atoms. The van der Waals surface area contributed by atoms with E-state index in [0.29, 0.717) is 11.9 Å². The molecule has 0 radical (unpaired) electrons. The van der Waals surface area contributed by atoms with Gasteiger partial charge in [0.15, 0.2) is 0 Å². The van der Waals surface area contributed by atoms with Gasteiger partial charge >= 0.3 is 0 Å². The molecule has 0 N–H and O–H groups in total. The molecule has 1 aromatic heterocycles. The number of nitrogens with zero attached hydrogens (tertiary/aromatic N) is 1. The van der Waals surface area contributed by atoms with Gasteiger partial charge in [-0.1, -0.05) is 30.3 Å². The molecule has 24 heavy (non-hydrogen) atoms. The second-order valence-corrected chi connectivity index (χ2v) is 6.79. The summed E-state index contributed by atoms with van der Waals surface area (Å²) in [5.74, 6) is 0.758. The lowest BCUT2D eigenvalue weighted by molar-refractivity contribution is 0.322. The highest BCUT2D eigenvalue weighted by atomic mass is 32.2. The van der Waals surface area contributed by atoms with Crippen LogP contribution >= 0.6 is 0 Å². The van der Waals surface area contributed by atoms with Gasteiger partial charge in [0.05, 0.1) is 19.2 Å². The molecule has 0 fully saturated rings. The van der Waals surface area contributed by atoms with Crippen LogP contribution in [0.5, 0.6) is 5.75 Å². The summed E-state index contributed by atoms with van der Waals surface area (Å²) in [6.07, 6.45) is 2.06. The molecule has 0 atom stereocenters. The summed E-state index contributed by atoms with van der Waals surface area (Å²) in [7, 11) is -2.26. The van der Waals surface area contributed by atoms with Crippen molar-refractivity contribution in [1.82, 2.24) is 4.98 Å². The van der Waals surface area contributed by atoms with Crippen LogP contribution in [0.4, 0.5) is 0 Å². The predicted octanol–water partition coefficient (Wildman–Crippen LogP) is 3.19. The highest BCUT2D eigenvalue weighted by Gasteiger charge is 2.19. The Bertz CT molecular complexity index is 931. The molecular weight excluding hydrogens is 326 g/mol. The maximum atomic E-state index is 12.5. The lowest BCUT2D eigenvalue weighted by Gasteiger charge is -2.08. The molecule has 0 aliphatic rings. The first-order valence-electron chi connectivity index (χ1n) is 7.46. The number of hydrogen-bond acceptors (Lipinski definition) is 5. The second-order valence-electron chi connectivity index (χ2n) is 5.21. The number of pyridine rings is 1. The Balaban J connectivity index is 1.73. The summed E-state index contributed by atoms with van der Waals surface area (Å²) in [4.78, 5) is 4.25. The maximum absolute atomic E-state index is 12.5. The monoisotopic (exact) mass is 343 g/mol. The molecule has 3 aromatic rings. The van der Waals surface area contributed by atoms with Crippen molar-refractivity contribution in [3.05, 3.63) is 66.4 Å². The van der Waals surface area contributed by atoms with Crippen LogP contribution in [0.15, 0.2) is 65.7 Å². The lowest BCUT2D eigenvalue weighted by Crippen LogP contribution is -2.10. The largest absolute Gasteiger partial charge is 0.497 e. The number of ether oxygens (including phenoxy) is 1. The van der Waals surface area contributed by atoms with Crippen molar-refractivity contribution in [2.75, 3.05) is 13.7 Å². The van der Waals surface area contributed by atoms with E-state index in [1.165, 1.54) is 6.07 Å². The van der Waals surface area contributed by atoms with Gasteiger partial charge in [-0.05, 0) is 36.2 Å². The molecule has 6 heteroatoms. The molecule has 0 saturated carbocycles. The van der Waals surface area contributed by atoms with E-state index in [1.54, 1.807) is 25.4 Å². The maximum Gasteiger partial charge on any atom is 0.299 e. The molecular formula is C18H17NO4S. The molecule has 0 aliphatic carbocycles. The van der Waals surface area contributed by atoms with Crippen LogP contribution in [0.3, 0.4) is 0 Å². The zero-order chi connectivity index (χ0) is 17.0. The average Bonchev–Trinajstić information content (AvgIpc) is 2.61. The molecule has 0 amide bonds. The first-order valence-corrected chi connectivity index (χ1v) is 8.87. The zero-order valence-corrected chi connectivity index (χ0v) is 14.0. The van der Waals surface area contributed by atoms with E-state index in [9.17, 15) is 8.42 Å². The Hall–Kier alpha value is -2.44. The van der Waals surface area contributed by atoms with Crippen molar-refractivity contribution in [3.63, 3.8) is 0 Å². The van der Waals surface area contributed by atoms with Gasteiger partial charge in [0.25, 0.3) is 10.1 Å². The first-order chi connectivity index (χ1) is 11.6. The fourth-order valence-corrected chi connectivity index (χ4v) is 3.49. The van der Waals surface area contributed by atoms with E-state index in [-0.39, 0.29) is 11.5 Å². The number of methoxy groups -OCH3 is 1. The number of fused-ring (bicyclic) bond motifs is 1. The fraction of sp³-hybridized carbons (Fsp3) is 0.167. The molecule has 2 aromatic carbocycles. The topological polar surface area (TPSA) is 65.5 Å². The van der Waals surface area contributed by atoms with Crippen molar-refractivity contribution in [1.29, 1.82) is 0 Å². The normalized spacial score (nSPS) is 11.5. The standard InChI is InChI=1S/C18H17NO4S/c1-22-16-9-7-14(8-10-16)11-13-23-24(20,21)17-6-2-4-15-5-3-12-19-18(15)17/h2-10,12H,11,13H2,1H3. The van der Waals surface area contributed by atoms with Gasteiger partial charge < -0.3 is 4.74 Å². The summed E-state index contributed by atoms with van der Waals surface area (Å²) in [6.45, 7) is 0.0673. The number of rotatable bonds is 6. The molecule has 0 unspecified atom stereocenters. The highest BCUT2D eigenvalue weighted by molar-refractivity contribution is 7.87. The summed E-state index contributed by atoms with van der Waals surface area (Å²) in [5.41, 5.74) is 1.39. The van der Waals surface area contributed by atoms with Gasteiger partial charge in [-0.25, -0.2) is 0 Å². The minimum absolute atomic E-state index is 0.0673. The van der Waals surface area contributed by atoms with Gasteiger partial charge in [0.1, 0.15) is 10.6 Å². The van der Waals surface area contributed by atoms with E-state index in [0.717, 1.165) is 16.7 Å². The van der Waals surface area contributed by atoms with E-state index < -0.39 is 10.1 Å². The van der Waals surface area contributed by atoms with Crippen LogP contribution in [-0.4, -0.2) is 27.1 Å². The highest BCUT2D eigenvalue weighted by Crippen LogP contribution is 2.22. The Morgan fingerprint density at radius 1 is 1.00 bits per heavy atom. The molecule has 5 nitrogen and oxygen atoms in total. The minimum atomic E-state index is -3.86. The van der Waals surface area contributed by atoms with Crippen LogP contribution in [-0.2, 0) is 20.7 Å². The SMILES string of the molecule is COc1ccc(CCOS(=O)(=O)c2cccc3cccnc23)cc1. The smallest absolute Gasteiger partial charge is 0.299 e. The molecule has 0 spiro atoms. The molecule has 0 saturated heterocycles. The summed E-state index contributed by atoms with van der Waals surface area (Å²) in [5, 5.41) is 0.761. The fourth-order valence-electron chi connectivity index (χ4n) is 2.40. The minimum Gasteiger partial charge on any atom is -0.497 e. The Morgan fingerprint density at radius 3 is 2.50 bits per heavy atom. The summed E-state index contributed by atoms with van der Waals surface area (Å²) < 4.78 is 35.2. The van der Waals surface area contributed by atoms with Crippen molar-refractivity contribution < 1.29 is 17.3 Å². The Kier molecular flexibility index (Phi) is 4.78. The molecule has 0 aliphatic heterocycles. The van der Waals surface area contributed by atoms with Gasteiger partial charge in [-0.15, -0.1) is 0 Å². The summed E-state index contributed by atoms with van der Waals surface area (Å²) >= 11 is 0. The molecule has 124 valence electrons. The van der Waals surface area contributed by atoms with Crippen molar-refractivity contribution in [2.45, 2.75) is 11.3 Å². The van der Waals surface area contributed by atoms with Crippen molar-refractivity contribution in [3.8, 4) is 5.75 Å². The Labute approximate surface area is 141 Å². The number of para-hydroxylation sites is 1. The van der Waals surface area contributed by atoms with Crippen molar-refractivity contribution >= 4 is 21.0 Å². The van der Waals surface area contributed by atoms with Gasteiger partial charge in [0, 0.05) is 11.6 Å². The third-order valence-electron chi connectivity index (χ3n) is 3.65. The number of aromatic nitrogens is 1. The summed E-state index contributed by atoms with van der Waals surface area (Å²) in [6, 6.07) is 16.0. The lowest BCUT2D eigenvalue weighted by atomic mass is 10.1. The van der Waals surface area contributed by atoms with E-state index in [2.05, 4.69) is 4.98 Å². The van der Waals surface area contributed by atoms with E-state index in [4.69, 9.17) is 8.92 Å². The van der Waals surface area contributed by atoms with Gasteiger partial charge in [-0.2, -0.15) is 8.42 Å². The number of benzene rings is 2. The predicted molar refractivity (Wildman–Crippen MR) is 91.6 cm³/mol. The van der Waals surface area contributed by atoms with Crippen LogP contribution in [0.2, 0.25) is 0 Å². The zero-order valence-electron chi connectivity index (χ0n) is 13.2. The van der Waals surface area contributed by atoms with E-state index >= 15 is 0 Å². The first kappa shape index (κ1) is 16.4. The van der Waals surface area contributed by atoms with Gasteiger partial charge in [-0.3, -0.25) is 9.17 Å². The average molecular weight is 343 g/mol. The van der Waals surface area contributed by atoms with Crippen LogP contribution in [0, 0.1) is 0 Å². The quantitative estimate of drug-likeness (QED) is 0.643. The molecule has 1 heterocycles. The van der Waals surface area contributed by atoms with E-state index in [1.807, 2.05) is 36.4 Å². The molecule has 3 rings (SSSR count).